The summed E-state index contributed by atoms with van der Waals surface area (Å²) in [7, 11) is 0. The molecule has 8 nitrogen and oxygen atoms in total. The van der Waals surface area contributed by atoms with Gasteiger partial charge in [0.2, 0.25) is 0 Å². The Balaban J connectivity index is 0.000000587. The monoisotopic (exact) mass is 575 g/mol. The SMILES string of the molecule is CCc1ccc(OCC(O)CNC[C@H]2CCc3cc(-c4ccc(C(=O)O)cc4)ccc3O2)cc1.O=C(O)C(F)(F)F. The lowest BCUT2D eigenvalue weighted by molar-refractivity contribution is -0.192. The van der Waals surface area contributed by atoms with Gasteiger partial charge in [-0.1, -0.05) is 37.3 Å². The molecule has 41 heavy (non-hydrogen) atoms. The quantitative estimate of drug-likeness (QED) is 0.267. The number of aliphatic hydroxyl groups excluding tert-OH is 1. The molecule has 0 saturated carbocycles. The molecule has 0 fully saturated rings. The Kier molecular flexibility index (Phi) is 11.1. The predicted molar refractivity (Wildman–Crippen MR) is 145 cm³/mol. The Morgan fingerprint density at radius 1 is 1.02 bits per heavy atom. The Morgan fingerprint density at radius 2 is 1.66 bits per heavy atom. The van der Waals surface area contributed by atoms with Crippen molar-refractivity contribution in [1.29, 1.82) is 0 Å². The summed E-state index contributed by atoms with van der Waals surface area (Å²) in [5.74, 6) is -2.04. The summed E-state index contributed by atoms with van der Waals surface area (Å²) in [6.45, 7) is 3.44. The Labute approximate surface area is 235 Å². The van der Waals surface area contributed by atoms with Crippen molar-refractivity contribution in [3.63, 3.8) is 0 Å². The second-order valence-electron chi connectivity index (χ2n) is 9.41. The zero-order valence-electron chi connectivity index (χ0n) is 22.4. The van der Waals surface area contributed by atoms with Crippen LogP contribution in [0.4, 0.5) is 13.2 Å². The van der Waals surface area contributed by atoms with Crippen LogP contribution in [0.15, 0.2) is 66.7 Å². The minimum Gasteiger partial charge on any atom is -0.491 e. The number of fused-ring (bicyclic) bond motifs is 1. The molecule has 1 unspecified atom stereocenters. The molecule has 0 saturated heterocycles. The molecular weight excluding hydrogens is 543 g/mol. The van der Waals surface area contributed by atoms with Crippen LogP contribution in [-0.4, -0.2) is 65.3 Å². The van der Waals surface area contributed by atoms with Gasteiger partial charge < -0.3 is 30.1 Å². The molecule has 0 amide bonds. The first kappa shape index (κ1) is 31.4. The highest BCUT2D eigenvalue weighted by atomic mass is 19.4. The first-order chi connectivity index (χ1) is 19.5. The number of aliphatic hydroxyl groups is 1. The van der Waals surface area contributed by atoms with Crippen LogP contribution in [0.3, 0.4) is 0 Å². The third-order valence-corrected chi connectivity index (χ3v) is 6.32. The van der Waals surface area contributed by atoms with E-state index in [1.165, 1.54) is 5.56 Å². The van der Waals surface area contributed by atoms with Gasteiger partial charge in [-0.05, 0) is 77.9 Å². The largest absolute Gasteiger partial charge is 0.491 e. The summed E-state index contributed by atoms with van der Waals surface area (Å²) >= 11 is 0. The molecule has 220 valence electrons. The van der Waals surface area contributed by atoms with Crippen LogP contribution in [0.5, 0.6) is 11.5 Å². The van der Waals surface area contributed by atoms with E-state index in [4.69, 9.17) is 24.5 Å². The average Bonchev–Trinajstić information content (AvgIpc) is 2.96. The first-order valence-corrected chi connectivity index (χ1v) is 13.0. The molecule has 0 bridgehead atoms. The topological polar surface area (TPSA) is 125 Å². The zero-order chi connectivity index (χ0) is 30.0. The van der Waals surface area contributed by atoms with Gasteiger partial charge in [-0.2, -0.15) is 13.2 Å². The van der Waals surface area contributed by atoms with Gasteiger partial charge in [-0.3, -0.25) is 0 Å². The van der Waals surface area contributed by atoms with Crippen molar-refractivity contribution in [2.45, 2.75) is 44.6 Å². The highest BCUT2D eigenvalue weighted by molar-refractivity contribution is 5.88. The predicted octanol–water partition coefficient (Wildman–Crippen LogP) is 4.97. The second-order valence-corrected chi connectivity index (χ2v) is 9.41. The maximum absolute atomic E-state index is 11.1. The summed E-state index contributed by atoms with van der Waals surface area (Å²) in [5.41, 5.74) is 4.72. The number of benzene rings is 3. The van der Waals surface area contributed by atoms with E-state index >= 15 is 0 Å². The van der Waals surface area contributed by atoms with Crippen molar-refractivity contribution in [3.8, 4) is 22.6 Å². The molecule has 3 aromatic rings. The Hall–Kier alpha value is -4.09. The number of rotatable bonds is 10. The summed E-state index contributed by atoms with van der Waals surface area (Å²) < 4.78 is 43.6. The van der Waals surface area contributed by atoms with Crippen molar-refractivity contribution < 1.29 is 47.6 Å². The minimum atomic E-state index is -5.08. The molecule has 0 spiro atoms. The normalized spacial score (nSPS) is 15.0. The third-order valence-electron chi connectivity index (χ3n) is 6.32. The third kappa shape index (κ3) is 9.80. The number of carboxylic acid groups (broad SMARTS) is 2. The maximum Gasteiger partial charge on any atom is 0.490 e. The number of hydrogen-bond acceptors (Lipinski definition) is 6. The van der Waals surface area contributed by atoms with E-state index in [1.807, 2.05) is 48.5 Å². The molecule has 11 heteroatoms. The van der Waals surface area contributed by atoms with E-state index in [-0.39, 0.29) is 18.3 Å². The fourth-order valence-corrected chi connectivity index (χ4v) is 4.06. The summed E-state index contributed by atoms with van der Waals surface area (Å²) in [6.07, 6.45) is -2.86. The number of alkyl halides is 3. The number of ether oxygens (including phenoxy) is 2. The van der Waals surface area contributed by atoms with Crippen LogP contribution in [-0.2, 0) is 17.6 Å². The highest BCUT2D eigenvalue weighted by Crippen LogP contribution is 2.32. The van der Waals surface area contributed by atoms with E-state index in [0.29, 0.717) is 13.1 Å². The molecule has 1 heterocycles. The van der Waals surface area contributed by atoms with Crippen molar-refractivity contribution in [3.05, 3.63) is 83.4 Å². The van der Waals surface area contributed by atoms with Gasteiger partial charge in [0.25, 0.3) is 0 Å². The van der Waals surface area contributed by atoms with Gasteiger partial charge in [0.15, 0.2) is 0 Å². The lowest BCUT2D eigenvalue weighted by Crippen LogP contribution is -2.39. The average molecular weight is 576 g/mol. The van der Waals surface area contributed by atoms with Crippen LogP contribution in [0.1, 0.15) is 34.8 Å². The fraction of sp³-hybridized carbons (Fsp3) is 0.333. The zero-order valence-corrected chi connectivity index (χ0v) is 22.4. The van der Waals surface area contributed by atoms with Gasteiger partial charge in [-0.25, -0.2) is 9.59 Å². The van der Waals surface area contributed by atoms with E-state index < -0.39 is 24.2 Å². The van der Waals surface area contributed by atoms with Gasteiger partial charge in [0.1, 0.15) is 30.3 Å². The van der Waals surface area contributed by atoms with Crippen molar-refractivity contribution in [2.75, 3.05) is 19.7 Å². The van der Waals surface area contributed by atoms with Crippen LogP contribution < -0.4 is 14.8 Å². The number of nitrogens with one attached hydrogen (secondary N) is 1. The number of halogens is 3. The molecule has 0 aromatic heterocycles. The summed E-state index contributed by atoms with van der Waals surface area (Å²) in [6, 6.07) is 20.9. The molecule has 1 aliphatic rings. The van der Waals surface area contributed by atoms with Crippen molar-refractivity contribution >= 4 is 11.9 Å². The van der Waals surface area contributed by atoms with Crippen molar-refractivity contribution in [2.24, 2.45) is 0 Å². The van der Waals surface area contributed by atoms with E-state index in [1.54, 1.807) is 12.1 Å². The first-order valence-electron chi connectivity index (χ1n) is 13.0. The molecule has 3 aromatic carbocycles. The molecular formula is C30H32F3NO7. The second kappa shape index (κ2) is 14.5. The Morgan fingerprint density at radius 3 is 2.24 bits per heavy atom. The molecule has 1 aliphatic heterocycles. The highest BCUT2D eigenvalue weighted by Gasteiger charge is 2.38. The number of aliphatic carboxylic acids is 1. The molecule has 0 aliphatic carbocycles. The van der Waals surface area contributed by atoms with Crippen molar-refractivity contribution in [1.82, 2.24) is 5.32 Å². The van der Waals surface area contributed by atoms with Crippen LogP contribution >= 0.6 is 0 Å². The lowest BCUT2D eigenvalue weighted by Gasteiger charge is -2.27. The van der Waals surface area contributed by atoms with E-state index in [2.05, 4.69) is 18.3 Å². The number of carbonyl (C=O) groups is 2. The number of aromatic carboxylic acids is 1. The standard InChI is InChI=1S/C28H31NO5.C2HF3O2/c1-2-19-3-11-25(12-4-19)33-18-24(30)16-29-17-26-13-9-23-15-22(10-14-27(23)34-26)20-5-7-21(8-6-20)28(31)32;3-2(4,5)1(6)7/h3-8,10-12,14-15,24,26,29-30H,2,9,13,16-18H2,1H3,(H,31,32);(H,6,7)/t24?,26-;/m1./s1. The Bertz CT molecular complexity index is 1290. The minimum absolute atomic E-state index is 0.0444. The summed E-state index contributed by atoms with van der Waals surface area (Å²) in [5, 5.41) is 29.7. The van der Waals surface area contributed by atoms with Gasteiger partial charge in [-0.15, -0.1) is 0 Å². The number of hydrogen-bond donors (Lipinski definition) is 4. The van der Waals surface area contributed by atoms with E-state index in [9.17, 15) is 23.1 Å². The van der Waals surface area contributed by atoms with Gasteiger partial charge in [0.05, 0.1) is 5.56 Å². The fourth-order valence-electron chi connectivity index (χ4n) is 4.06. The van der Waals surface area contributed by atoms with Crippen LogP contribution in [0.25, 0.3) is 11.1 Å². The van der Waals surface area contributed by atoms with Gasteiger partial charge >= 0.3 is 18.1 Å². The van der Waals surface area contributed by atoms with Crippen LogP contribution in [0, 0.1) is 0 Å². The molecule has 0 radical (unpaired) electrons. The smallest absolute Gasteiger partial charge is 0.490 e. The summed E-state index contributed by atoms with van der Waals surface area (Å²) in [4.78, 5) is 19.9. The maximum atomic E-state index is 11.1. The number of aryl methyl sites for hydroxylation is 2. The molecule has 4 rings (SSSR count). The van der Waals surface area contributed by atoms with Crippen LogP contribution in [0.2, 0.25) is 0 Å². The molecule has 4 N–H and O–H groups in total. The van der Waals surface area contributed by atoms with Gasteiger partial charge in [0, 0.05) is 13.1 Å². The van der Waals surface area contributed by atoms with E-state index in [0.717, 1.165) is 47.5 Å². The molecule has 2 atom stereocenters. The number of carboxylic acids is 2. The lowest BCUT2D eigenvalue weighted by atomic mass is 9.96.